The summed E-state index contributed by atoms with van der Waals surface area (Å²) in [6.07, 6.45) is -4.24. The number of phenolic OH excluding ortho intramolecular Hbond substituents is 8. The summed E-state index contributed by atoms with van der Waals surface area (Å²) in [5, 5.41) is 279. The van der Waals surface area contributed by atoms with Crippen LogP contribution in [0.15, 0.2) is 48.5 Å². The summed E-state index contributed by atoms with van der Waals surface area (Å²) >= 11 is 0. The number of hydrogen-bond donors (Lipinski definition) is 27. The molecular weight excluding hydrogens is 1280 g/mol. The Balaban J connectivity index is 0.930. The van der Waals surface area contributed by atoms with E-state index in [-0.39, 0.29) is 19.4 Å². The number of hydrogen-bond acceptors (Lipinski definition) is 36. The lowest BCUT2D eigenvalue weighted by Gasteiger charge is -2.55. The van der Waals surface area contributed by atoms with E-state index in [0.29, 0.717) is 41.1 Å². The van der Waals surface area contributed by atoms with Crippen LogP contribution < -0.4 is 40.5 Å². The molecule has 94 heavy (non-hydrogen) atoms. The van der Waals surface area contributed by atoms with Gasteiger partial charge in [0.05, 0.1) is 26.4 Å². The zero-order chi connectivity index (χ0) is 70.2. The van der Waals surface area contributed by atoms with Crippen LogP contribution in [0, 0.1) is 0 Å². The van der Waals surface area contributed by atoms with Gasteiger partial charge in [0.2, 0.25) is 46.2 Å². The van der Waals surface area contributed by atoms with Crippen molar-refractivity contribution in [1.29, 1.82) is 0 Å². The molecule has 2 fully saturated rings. The van der Waals surface area contributed by atoms with Gasteiger partial charge >= 0.3 is 29.2 Å². The summed E-state index contributed by atoms with van der Waals surface area (Å²) in [4.78, 5) is 80.0. The molecule has 502 valence electrons. The maximum atomic E-state index is 14.5. The molecule has 4 aromatic carbocycles. The zero-order valence-electron chi connectivity index (χ0n) is 46.5. The van der Waals surface area contributed by atoms with E-state index >= 15 is 0 Å². The molecule has 0 radical (unpaired) electrons. The first-order valence-electron chi connectivity index (χ1n) is 25.7. The fourth-order valence-electron chi connectivity index (χ4n) is 10.9. The number of rotatable bonds is 13. The lowest BCUT2D eigenvalue weighted by Crippen LogP contribution is -2.88. The number of carbonyl (C=O) groups is 6. The second kappa shape index (κ2) is 20.7. The van der Waals surface area contributed by atoms with Gasteiger partial charge < -0.3 is 153 Å². The average molecular weight is 1330 g/mol. The summed E-state index contributed by atoms with van der Waals surface area (Å²) in [7, 11) is 0.908. The molecule has 4 aliphatic rings. The molecule has 0 bridgehead atoms. The van der Waals surface area contributed by atoms with E-state index in [4.69, 9.17) is 25.7 Å². The van der Waals surface area contributed by atoms with Crippen LogP contribution in [-0.2, 0) is 27.2 Å². The van der Waals surface area contributed by atoms with Gasteiger partial charge in [-0.3, -0.25) is 48.4 Å². The van der Waals surface area contributed by atoms with Gasteiger partial charge in [-0.15, -0.1) is 0 Å². The number of carbonyl (C=O) groups excluding carboxylic acids is 6. The van der Waals surface area contributed by atoms with Crippen LogP contribution in [-0.4, -0.2) is 249 Å². The quantitative estimate of drug-likeness (QED) is 0.0290. The van der Waals surface area contributed by atoms with Crippen LogP contribution >= 0.6 is 0 Å². The molecule has 0 saturated carbocycles. The van der Waals surface area contributed by atoms with Crippen molar-refractivity contribution >= 4 is 58.2 Å². The van der Waals surface area contributed by atoms with Crippen LogP contribution in [0.1, 0.15) is 59.5 Å². The van der Waals surface area contributed by atoms with Crippen LogP contribution in [0.4, 0.5) is 22.7 Å². The number of phenols is 8. The first-order chi connectivity index (χ1) is 43.2. The van der Waals surface area contributed by atoms with Crippen molar-refractivity contribution in [3.63, 3.8) is 0 Å². The highest BCUT2D eigenvalue weighted by atomic mass is 16.8. The van der Waals surface area contributed by atoms with Crippen LogP contribution in [0.3, 0.4) is 0 Å². The van der Waals surface area contributed by atoms with E-state index in [1.807, 2.05) is 0 Å². The van der Waals surface area contributed by atoms with Gasteiger partial charge in [0, 0.05) is 33.9 Å². The number of methoxy groups -OCH3 is 1. The molecule has 2 aromatic heterocycles. The molecular formula is C50H48N10O34. The summed E-state index contributed by atoms with van der Waals surface area (Å²) in [6.45, 7) is -1.89. The first-order valence-corrected chi connectivity index (χ1v) is 25.7. The Kier molecular flexibility index (Phi) is 14.6. The van der Waals surface area contributed by atoms with Crippen LogP contribution in [0.25, 0.3) is 11.4 Å². The third-order valence-electron chi connectivity index (χ3n) is 15.5. The second-order valence-corrected chi connectivity index (χ2v) is 21.2. The van der Waals surface area contributed by atoms with Crippen molar-refractivity contribution in [1.82, 2.24) is 19.6 Å². The number of nitrogens with two attached hydrogens (primary N) is 2. The fraction of sp³-hybridized carbons (Fsp3) is 0.280. The Morgan fingerprint density at radius 2 is 0.830 bits per heavy atom. The van der Waals surface area contributed by atoms with Crippen molar-refractivity contribution in [2.75, 3.05) is 33.5 Å². The molecule has 1 unspecified atom stereocenters. The molecule has 44 nitrogen and oxygen atoms in total. The number of amides is 6. The Labute approximate surface area is 515 Å². The van der Waals surface area contributed by atoms with Crippen molar-refractivity contribution in [3.05, 3.63) is 82.4 Å². The van der Waals surface area contributed by atoms with Gasteiger partial charge in [0.15, 0.2) is 52.6 Å². The van der Waals surface area contributed by atoms with Gasteiger partial charge in [0.1, 0.15) is 11.4 Å². The summed E-state index contributed by atoms with van der Waals surface area (Å²) in [5.74, 6) is -63.5. The zero-order valence-corrected chi connectivity index (χ0v) is 46.5. The number of aromatic nitrogens is 4. The van der Waals surface area contributed by atoms with Crippen molar-refractivity contribution in [3.8, 4) is 68.9 Å². The largest absolute Gasteiger partial charge is 0.503 e. The molecule has 6 amide bonds. The molecule has 44 heteroatoms. The van der Waals surface area contributed by atoms with Crippen LogP contribution in [0.2, 0.25) is 0 Å². The van der Waals surface area contributed by atoms with E-state index in [2.05, 4.69) is 10.2 Å². The molecule has 6 heterocycles. The summed E-state index contributed by atoms with van der Waals surface area (Å²) in [5.41, 5.74) is -0.134. The Bertz CT molecular complexity index is 4230. The lowest BCUT2D eigenvalue weighted by atomic mass is 9.86. The summed E-state index contributed by atoms with van der Waals surface area (Å²) < 4.78 is 15.1. The Morgan fingerprint density at radius 3 is 1.19 bits per heavy atom. The number of anilines is 4. The lowest BCUT2D eigenvalue weighted by molar-refractivity contribution is -0.505. The van der Waals surface area contributed by atoms with Gasteiger partial charge in [-0.05, 0) is 48.5 Å². The smallest absolute Gasteiger partial charge is 0.316 e. The van der Waals surface area contributed by atoms with Gasteiger partial charge in [-0.1, -0.05) is 0 Å². The highest BCUT2D eigenvalue weighted by Crippen LogP contribution is 2.56. The minimum absolute atomic E-state index is 0.0232. The number of aliphatic hydroxyl groups is 17. The standard InChI is InChI=1S/C50H48N10O34/c1-92-35-31(66)27(62)25(28(63)32(35)67)59-23-18(21(53-59)37(51)70)10-43(77,78)56(39(23)72)15-4-2-14(3-5-15)55-20(61)12-42(75,76)48(87,50(55,90)91)94-13-93-36-33(68)29(64)26(30(65)34(36)69)60-24-19(22(54-60)38(52)71)11-44(79,80)57(40(24)73)16-6-8-17(9-7-16)58-41(74)45(81,82)46(83,84)47(85,86)49(58,88)89/h2-9,62-69,75-91H,10-13H2,1H3,(H2,51,70)(H2,52,71). The summed E-state index contributed by atoms with van der Waals surface area (Å²) in [6, 6.07) is 5.12. The van der Waals surface area contributed by atoms with E-state index in [0.717, 1.165) is 19.2 Å². The molecule has 6 aromatic rings. The second-order valence-electron chi connectivity index (χ2n) is 21.2. The number of piperidine rings is 2. The van der Waals surface area contributed by atoms with Crippen molar-refractivity contribution in [2.45, 2.75) is 71.8 Å². The highest BCUT2D eigenvalue weighted by Gasteiger charge is 2.81. The van der Waals surface area contributed by atoms with Crippen molar-refractivity contribution in [2.24, 2.45) is 11.5 Å². The monoisotopic (exact) mass is 1330 g/mol. The topological polar surface area (TPSA) is 737 Å². The van der Waals surface area contributed by atoms with E-state index in [9.17, 15) is 156 Å². The molecule has 0 spiro atoms. The Morgan fingerprint density at radius 1 is 0.479 bits per heavy atom. The van der Waals surface area contributed by atoms with Gasteiger partial charge in [0.25, 0.3) is 47.1 Å². The molecule has 2 saturated heterocycles. The number of aromatic hydroxyl groups is 8. The molecule has 10 rings (SSSR count). The van der Waals surface area contributed by atoms with Gasteiger partial charge in [-0.2, -0.15) is 10.2 Å². The minimum atomic E-state index is -4.81. The fourth-order valence-corrected chi connectivity index (χ4v) is 10.9. The third-order valence-corrected chi connectivity index (χ3v) is 15.5. The normalized spacial score (nSPS) is 21.2. The Hall–Kier alpha value is -10.6. The maximum absolute atomic E-state index is 14.5. The molecule has 0 aliphatic carbocycles. The predicted octanol–water partition coefficient (Wildman–Crippen LogP) is -10.6. The number of fused-ring (bicyclic) bond motifs is 2. The van der Waals surface area contributed by atoms with E-state index < -0.39 is 245 Å². The van der Waals surface area contributed by atoms with Crippen molar-refractivity contribution < 1.29 is 171 Å². The molecule has 29 N–H and O–H groups in total. The first kappa shape index (κ1) is 66.3. The van der Waals surface area contributed by atoms with E-state index in [1.165, 1.54) is 0 Å². The predicted molar refractivity (Wildman–Crippen MR) is 286 cm³/mol. The number of nitrogens with zero attached hydrogens (tertiary/aromatic N) is 8. The third kappa shape index (κ3) is 8.81. The number of benzene rings is 4. The number of ether oxygens (including phenoxy) is 3. The number of primary amides is 2. The van der Waals surface area contributed by atoms with Gasteiger partial charge in [-0.25, -0.2) is 9.36 Å². The average Bonchev–Trinajstić information content (AvgIpc) is 0.951. The molecule has 1 atom stereocenters. The highest BCUT2D eigenvalue weighted by molar-refractivity contribution is 6.12. The molecule has 4 aliphatic heterocycles. The van der Waals surface area contributed by atoms with Crippen LogP contribution in [0.5, 0.6) is 57.5 Å². The maximum Gasteiger partial charge on any atom is 0.316 e. The van der Waals surface area contributed by atoms with E-state index in [1.54, 1.807) is 0 Å². The SMILES string of the molecule is COc1c(O)c(O)c(-n2nc(C(N)=O)c3c2C(=O)N(c2ccc(N4C(=O)CC(O)(O)C(O)(OCOc5c(O)c(O)c(-n6nc(C(N)=O)c7c6C(=O)N(c6ccc(N8C(=O)C(O)(O)C(O)(O)C(O)(O)C8(O)O)cc6)C(O)(O)C7)c(O)c5O)C4(O)O)cc2)C(O)(O)C3)c(O)c1O. The minimum Gasteiger partial charge on any atom is -0.503 e.